The van der Waals surface area contributed by atoms with Gasteiger partial charge < -0.3 is 20.5 Å². The largest absolute Gasteiger partial charge is 0.497 e. The van der Waals surface area contributed by atoms with Crippen molar-refractivity contribution < 1.29 is 14.6 Å². The number of thiophene rings is 1. The van der Waals surface area contributed by atoms with E-state index < -0.39 is 11.6 Å². The number of urea groups is 1. The second-order valence-electron chi connectivity index (χ2n) is 4.94. The van der Waals surface area contributed by atoms with E-state index in [1.54, 1.807) is 25.1 Å². The highest BCUT2D eigenvalue weighted by Crippen LogP contribution is 2.26. The first kappa shape index (κ1) is 16.6. The Morgan fingerprint density at radius 2 is 2.23 bits per heavy atom. The predicted molar refractivity (Wildman–Crippen MR) is 88.9 cm³/mol. The van der Waals surface area contributed by atoms with Gasteiger partial charge in [0.1, 0.15) is 11.4 Å². The molecule has 1 unspecified atom stereocenters. The standard InChI is InChI=1S/C15H17ClN2O3S/c1-15(20,10-5-6-22-8-10)9-17-14(19)18-13-7-11(21-2)3-4-12(13)16/h3-8,20H,9H2,1-2H3,(H2,17,18,19). The molecule has 0 fully saturated rings. The quantitative estimate of drug-likeness (QED) is 0.780. The first-order chi connectivity index (χ1) is 10.4. The van der Waals surface area contributed by atoms with Crippen molar-refractivity contribution in [3.63, 3.8) is 0 Å². The number of carbonyl (C=O) groups excluding carboxylic acids is 1. The van der Waals surface area contributed by atoms with Crippen molar-refractivity contribution in [3.05, 3.63) is 45.6 Å². The maximum Gasteiger partial charge on any atom is 0.319 e. The van der Waals surface area contributed by atoms with E-state index in [4.69, 9.17) is 16.3 Å². The molecule has 1 heterocycles. The van der Waals surface area contributed by atoms with E-state index in [9.17, 15) is 9.90 Å². The fraction of sp³-hybridized carbons (Fsp3) is 0.267. The summed E-state index contributed by atoms with van der Waals surface area (Å²) in [6.07, 6.45) is 0. The zero-order valence-corrected chi connectivity index (χ0v) is 13.8. The van der Waals surface area contributed by atoms with Crippen LogP contribution in [-0.2, 0) is 5.60 Å². The fourth-order valence-electron chi connectivity index (χ4n) is 1.82. The highest BCUT2D eigenvalue weighted by molar-refractivity contribution is 7.08. The monoisotopic (exact) mass is 340 g/mol. The van der Waals surface area contributed by atoms with Gasteiger partial charge in [-0.1, -0.05) is 11.6 Å². The molecular formula is C15H17ClN2O3S. The summed E-state index contributed by atoms with van der Waals surface area (Å²) in [6.45, 7) is 1.73. The molecule has 2 amide bonds. The topological polar surface area (TPSA) is 70.6 Å². The van der Waals surface area contributed by atoms with Gasteiger partial charge >= 0.3 is 6.03 Å². The molecule has 0 bridgehead atoms. The lowest BCUT2D eigenvalue weighted by molar-refractivity contribution is 0.0604. The van der Waals surface area contributed by atoms with Crippen LogP contribution in [0.3, 0.4) is 0 Å². The summed E-state index contributed by atoms with van der Waals surface area (Å²) in [5.74, 6) is 0.588. The van der Waals surface area contributed by atoms with Gasteiger partial charge in [-0.05, 0) is 41.4 Å². The van der Waals surface area contributed by atoms with Crippen molar-refractivity contribution in [1.82, 2.24) is 5.32 Å². The van der Waals surface area contributed by atoms with Crippen molar-refractivity contribution in [2.24, 2.45) is 0 Å². The van der Waals surface area contributed by atoms with Gasteiger partial charge in [-0.25, -0.2) is 4.79 Å². The van der Waals surface area contributed by atoms with Crippen LogP contribution < -0.4 is 15.4 Å². The number of amides is 2. The minimum absolute atomic E-state index is 0.0805. The van der Waals surface area contributed by atoms with Crippen LogP contribution in [0.25, 0.3) is 0 Å². The van der Waals surface area contributed by atoms with E-state index in [-0.39, 0.29) is 6.54 Å². The van der Waals surface area contributed by atoms with Crippen molar-refractivity contribution in [2.45, 2.75) is 12.5 Å². The molecule has 22 heavy (non-hydrogen) atoms. The van der Waals surface area contributed by atoms with Gasteiger partial charge in [-0.2, -0.15) is 11.3 Å². The van der Waals surface area contributed by atoms with Gasteiger partial charge in [-0.3, -0.25) is 0 Å². The van der Waals surface area contributed by atoms with Crippen LogP contribution in [0.4, 0.5) is 10.5 Å². The Kier molecular flexibility index (Phi) is 5.28. The number of halogens is 1. The predicted octanol–water partition coefficient (Wildman–Crippen LogP) is 3.44. The van der Waals surface area contributed by atoms with E-state index in [1.807, 2.05) is 16.8 Å². The maximum absolute atomic E-state index is 12.0. The molecule has 3 N–H and O–H groups in total. The molecule has 0 spiro atoms. The second-order valence-corrected chi connectivity index (χ2v) is 6.13. The number of hydrogen-bond acceptors (Lipinski definition) is 4. The molecule has 1 atom stereocenters. The van der Waals surface area contributed by atoms with E-state index in [2.05, 4.69) is 10.6 Å². The van der Waals surface area contributed by atoms with Crippen LogP contribution in [0.1, 0.15) is 12.5 Å². The third kappa shape index (κ3) is 4.13. The number of ether oxygens (including phenoxy) is 1. The van der Waals surface area contributed by atoms with Crippen molar-refractivity contribution in [3.8, 4) is 5.75 Å². The third-order valence-corrected chi connectivity index (χ3v) is 4.17. The van der Waals surface area contributed by atoms with Crippen molar-refractivity contribution in [2.75, 3.05) is 19.0 Å². The van der Waals surface area contributed by atoms with E-state index in [1.165, 1.54) is 18.4 Å². The lowest BCUT2D eigenvalue weighted by Gasteiger charge is -2.23. The lowest BCUT2D eigenvalue weighted by Crippen LogP contribution is -2.40. The molecule has 2 aromatic rings. The maximum atomic E-state index is 12.0. The molecule has 0 saturated heterocycles. The highest BCUT2D eigenvalue weighted by atomic mass is 35.5. The molecule has 0 aliphatic carbocycles. The summed E-state index contributed by atoms with van der Waals surface area (Å²) in [4.78, 5) is 12.0. The smallest absolute Gasteiger partial charge is 0.319 e. The van der Waals surface area contributed by atoms with Crippen molar-refractivity contribution in [1.29, 1.82) is 0 Å². The number of nitrogens with one attached hydrogen (secondary N) is 2. The Balaban J connectivity index is 1.96. The Labute approximate surface area is 137 Å². The highest BCUT2D eigenvalue weighted by Gasteiger charge is 2.24. The Hall–Kier alpha value is -1.76. The molecule has 0 aliphatic rings. The molecule has 7 heteroatoms. The molecule has 2 rings (SSSR count). The number of carbonyl (C=O) groups is 1. The number of hydrogen-bond donors (Lipinski definition) is 3. The van der Waals surface area contributed by atoms with Crippen LogP contribution in [0, 0.1) is 0 Å². The van der Waals surface area contributed by atoms with Gasteiger partial charge in [0.25, 0.3) is 0 Å². The number of methoxy groups -OCH3 is 1. The summed E-state index contributed by atoms with van der Waals surface area (Å²) in [5.41, 5.74) is 0.0705. The SMILES string of the molecule is COc1ccc(Cl)c(NC(=O)NCC(C)(O)c2ccsc2)c1. The number of rotatable bonds is 5. The van der Waals surface area contributed by atoms with Crippen LogP contribution in [-0.4, -0.2) is 24.8 Å². The minimum Gasteiger partial charge on any atom is -0.497 e. The zero-order chi connectivity index (χ0) is 16.2. The van der Waals surface area contributed by atoms with Crippen LogP contribution in [0.15, 0.2) is 35.0 Å². The summed E-state index contributed by atoms with van der Waals surface area (Å²) >= 11 is 7.51. The van der Waals surface area contributed by atoms with Crippen LogP contribution in [0.5, 0.6) is 5.75 Å². The average Bonchev–Trinajstić information content (AvgIpc) is 3.03. The summed E-state index contributed by atoms with van der Waals surface area (Å²) in [7, 11) is 1.53. The molecule has 1 aromatic heterocycles. The van der Waals surface area contributed by atoms with Gasteiger partial charge in [0.15, 0.2) is 0 Å². The normalized spacial score (nSPS) is 13.3. The second kappa shape index (κ2) is 7.00. The first-order valence-electron chi connectivity index (χ1n) is 6.56. The van der Waals surface area contributed by atoms with Gasteiger partial charge in [0.05, 0.1) is 24.4 Å². The molecular weight excluding hydrogens is 324 g/mol. The third-order valence-electron chi connectivity index (χ3n) is 3.16. The van der Waals surface area contributed by atoms with Gasteiger partial charge in [-0.15, -0.1) is 0 Å². The van der Waals surface area contributed by atoms with E-state index in [0.717, 1.165) is 5.56 Å². The zero-order valence-electron chi connectivity index (χ0n) is 12.2. The van der Waals surface area contributed by atoms with Crippen molar-refractivity contribution >= 4 is 34.7 Å². The van der Waals surface area contributed by atoms with Gasteiger partial charge in [0.2, 0.25) is 0 Å². The van der Waals surface area contributed by atoms with E-state index >= 15 is 0 Å². The Bertz CT molecular complexity index is 644. The summed E-state index contributed by atoms with van der Waals surface area (Å²) < 4.78 is 5.09. The summed E-state index contributed by atoms with van der Waals surface area (Å²) in [6, 6.07) is 6.33. The number of anilines is 1. The van der Waals surface area contributed by atoms with Crippen LogP contribution >= 0.6 is 22.9 Å². The Morgan fingerprint density at radius 1 is 1.45 bits per heavy atom. The Morgan fingerprint density at radius 3 is 2.86 bits per heavy atom. The fourth-order valence-corrected chi connectivity index (χ4v) is 2.77. The molecule has 5 nitrogen and oxygen atoms in total. The first-order valence-corrected chi connectivity index (χ1v) is 7.88. The molecule has 0 aliphatic heterocycles. The molecule has 118 valence electrons. The molecule has 0 radical (unpaired) electrons. The number of benzene rings is 1. The molecule has 1 aromatic carbocycles. The van der Waals surface area contributed by atoms with Gasteiger partial charge in [0, 0.05) is 6.07 Å². The summed E-state index contributed by atoms with van der Waals surface area (Å²) in [5, 5.41) is 19.7. The van der Waals surface area contributed by atoms with Crippen LogP contribution in [0.2, 0.25) is 5.02 Å². The molecule has 0 saturated carbocycles. The minimum atomic E-state index is -1.13. The lowest BCUT2D eigenvalue weighted by atomic mass is 9.99. The number of aliphatic hydroxyl groups is 1. The van der Waals surface area contributed by atoms with E-state index in [0.29, 0.717) is 16.5 Å². The average molecular weight is 341 g/mol.